The topological polar surface area (TPSA) is 65.8 Å². The lowest BCUT2D eigenvalue weighted by atomic mass is 9.96. The van der Waals surface area contributed by atoms with E-state index in [0.29, 0.717) is 13.1 Å². The number of furan rings is 1. The highest BCUT2D eigenvalue weighted by Gasteiger charge is 2.38. The zero-order chi connectivity index (χ0) is 21.5. The molecule has 1 N–H and O–H groups in total. The van der Waals surface area contributed by atoms with Gasteiger partial charge in [-0.2, -0.15) is 0 Å². The van der Waals surface area contributed by atoms with Crippen molar-refractivity contribution in [1.82, 2.24) is 10.2 Å². The van der Waals surface area contributed by atoms with Crippen LogP contribution in [-0.2, 0) is 4.79 Å². The lowest BCUT2D eigenvalue weighted by molar-refractivity contribution is -0.121. The lowest BCUT2D eigenvalue weighted by Crippen LogP contribution is -2.50. The summed E-state index contributed by atoms with van der Waals surface area (Å²) in [5.41, 5.74) is 2.65. The van der Waals surface area contributed by atoms with E-state index in [0.717, 1.165) is 64.7 Å². The molecular weight excluding hydrogens is 458 g/mol. The molecule has 2 atom stereocenters. The number of hydrogen-bond acceptors (Lipinski definition) is 4. The fourth-order valence-corrected chi connectivity index (χ4v) is 5.46. The number of anilines is 1. The Morgan fingerprint density at radius 3 is 2.94 bits per heavy atom. The second kappa shape index (κ2) is 8.28. The molecule has 3 aliphatic rings. The zero-order valence-electron chi connectivity index (χ0n) is 17.6. The fourth-order valence-electron chi connectivity index (χ4n) is 5.01. The molecule has 1 fully saturated rings. The first-order chi connectivity index (χ1) is 15.0. The summed E-state index contributed by atoms with van der Waals surface area (Å²) in [7, 11) is 0. The van der Waals surface area contributed by atoms with Gasteiger partial charge in [0.2, 0.25) is 0 Å². The quantitative estimate of drug-likeness (QED) is 0.642. The Morgan fingerprint density at radius 1 is 1.29 bits per heavy atom. The molecule has 162 valence electrons. The Bertz CT molecular complexity index is 1100. The molecule has 1 aromatic heterocycles. The number of fused-ring (bicyclic) bond motifs is 3. The van der Waals surface area contributed by atoms with Gasteiger partial charge in [0.05, 0.1) is 16.2 Å². The number of para-hydroxylation sites is 1. The number of Topliss-reactive ketones (excluding diaryl/α,β-unsaturated/α-hetero) is 1. The summed E-state index contributed by atoms with van der Waals surface area (Å²) >= 11 is 3.60. The monoisotopic (exact) mass is 483 g/mol. The number of allylic oxidation sites excluding steroid dienone is 2. The van der Waals surface area contributed by atoms with Crippen LogP contribution in [0, 0.1) is 0 Å². The van der Waals surface area contributed by atoms with Crippen molar-refractivity contribution in [2.45, 2.75) is 44.7 Å². The van der Waals surface area contributed by atoms with E-state index in [2.05, 4.69) is 44.4 Å². The SMILES string of the molecule is CC(=O)[C@H]1CCCN1CCN1C(=O)NC(C2=CCCC=C2)c2oc3c(Br)cccc3c21. The highest BCUT2D eigenvalue weighted by molar-refractivity contribution is 9.10. The molecular formula is C24H26BrN3O3. The van der Waals surface area contributed by atoms with E-state index in [1.165, 1.54) is 0 Å². The second-order valence-corrected chi connectivity index (χ2v) is 9.31. The molecule has 1 aromatic carbocycles. The Kier molecular flexibility index (Phi) is 5.48. The number of hydrogen-bond donors (Lipinski definition) is 1. The van der Waals surface area contributed by atoms with Crippen LogP contribution in [0.15, 0.2) is 50.9 Å². The highest BCUT2D eigenvalue weighted by Crippen LogP contribution is 2.45. The standard InChI is InChI=1S/C24H26BrN3O3/c1-15(29)19-11-6-12-27(19)13-14-28-21-17-9-5-10-18(25)22(17)31-23(21)20(26-24(28)30)16-7-3-2-4-8-16/h3,5,7-10,19-20H,2,4,6,11-14H2,1H3,(H,26,30)/t19-,20?/m1/s1. The summed E-state index contributed by atoms with van der Waals surface area (Å²) in [6, 6.07) is 5.46. The smallest absolute Gasteiger partial charge is 0.322 e. The summed E-state index contributed by atoms with van der Waals surface area (Å²) in [6.07, 6.45) is 10.3. The minimum atomic E-state index is -0.300. The van der Waals surface area contributed by atoms with Crippen LogP contribution >= 0.6 is 15.9 Å². The van der Waals surface area contributed by atoms with E-state index in [9.17, 15) is 9.59 Å². The number of carbonyl (C=O) groups is 2. The van der Waals surface area contributed by atoms with Crippen molar-refractivity contribution >= 4 is 44.4 Å². The summed E-state index contributed by atoms with van der Waals surface area (Å²) in [6.45, 7) is 3.72. The average Bonchev–Trinajstić information content (AvgIpc) is 3.39. The van der Waals surface area contributed by atoms with Gasteiger partial charge < -0.3 is 9.73 Å². The first-order valence-electron chi connectivity index (χ1n) is 10.9. The number of amides is 2. The van der Waals surface area contributed by atoms with Gasteiger partial charge in [-0.05, 0) is 72.8 Å². The summed E-state index contributed by atoms with van der Waals surface area (Å²) < 4.78 is 7.22. The second-order valence-electron chi connectivity index (χ2n) is 8.45. The maximum Gasteiger partial charge on any atom is 0.322 e. The molecule has 0 saturated carbocycles. The Balaban J connectivity index is 1.52. The molecule has 1 aliphatic carbocycles. The Labute approximate surface area is 190 Å². The highest BCUT2D eigenvalue weighted by atomic mass is 79.9. The first-order valence-corrected chi connectivity index (χ1v) is 11.7. The summed E-state index contributed by atoms with van der Waals surface area (Å²) in [4.78, 5) is 29.3. The van der Waals surface area contributed by atoms with Crippen molar-refractivity contribution in [3.8, 4) is 0 Å². The minimum absolute atomic E-state index is 0.0344. The van der Waals surface area contributed by atoms with Crippen LogP contribution in [0.25, 0.3) is 11.0 Å². The number of carbonyl (C=O) groups excluding carboxylic acids is 2. The number of halogens is 1. The van der Waals surface area contributed by atoms with Gasteiger partial charge in [-0.1, -0.05) is 24.3 Å². The van der Waals surface area contributed by atoms with Gasteiger partial charge in [0, 0.05) is 18.5 Å². The van der Waals surface area contributed by atoms with Gasteiger partial charge >= 0.3 is 6.03 Å². The van der Waals surface area contributed by atoms with Crippen LogP contribution in [0.4, 0.5) is 10.5 Å². The third-order valence-corrected chi connectivity index (χ3v) is 7.14. The number of benzene rings is 1. The third-order valence-electron chi connectivity index (χ3n) is 6.51. The van der Waals surface area contributed by atoms with Gasteiger partial charge in [0.1, 0.15) is 11.8 Å². The van der Waals surface area contributed by atoms with Crippen LogP contribution in [0.5, 0.6) is 0 Å². The van der Waals surface area contributed by atoms with E-state index in [4.69, 9.17) is 4.42 Å². The Hall–Kier alpha value is -2.38. The number of rotatable bonds is 5. The third kappa shape index (κ3) is 3.64. The summed E-state index contributed by atoms with van der Waals surface area (Å²) in [5.74, 6) is 0.971. The van der Waals surface area contributed by atoms with Gasteiger partial charge in [-0.15, -0.1) is 0 Å². The molecule has 0 bridgehead atoms. The van der Waals surface area contributed by atoms with Crippen LogP contribution in [0.1, 0.15) is 44.4 Å². The number of ketones is 1. The molecule has 1 unspecified atom stereocenters. The minimum Gasteiger partial charge on any atom is -0.455 e. The normalized spacial score (nSPS) is 23.7. The van der Waals surface area contributed by atoms with Crippen molar-refractivity contribution in [3.63, 3.8) is 0 Å². The van der Waals surface area contributed by atoms with E-state index < -0.39 is 0 Å². The molecule has 1 saturated heterocycles. The Morgan fingerprint density at radius 2 is 2.16 bits per heavy atom. The van der Waals surface area contributed by atoms with Crippen molar-refractivity contribution in [1.29, 1.82) is 0 Å². The van der Waals surface area contributed by atoms with Gasteiger partial charge in [0.15, 0.2) is 11.3 Å². The van der Waals surface area contributed by atoms with Crippen molar-refractivity contribution in [2.24, 2.45) is 0 Å². The van der Waals surface area contributed by atoms with Crippen LogP contribution in [-0.4, -0.2) is 42.4 Å². The van der Waals surface area contributed by atoms with Crippen LogP contribution < -0.4 is 10.2 Å². The molecule has 2 aliphatic heterocycles. The molecule has 2 amide bonds. The van der Waals surface area contributed by atoms with Gasteiger partial charge in [0.25, 0.3) is 0 Å². The van der Waals surface area contributed by atoms with Crippen LogP contribution in [0.2, 0.25) is 0 Å². The molecule has 5 rings (SSSR count). The first kappa shape index (κ1) is 20.5. The fraction of sp³-hybridized carbons (Fsp3) is 0.417. The maximum atomic E-state index is 13.3. The molecule has 6 nitrogen and oxygen atoms in total. The van der Waals surface area contributed by atoms with E-state index in [-0.39, 0.29) is 23.9 Å². The van der Waals surface area contributed by atoms with E-state index in [1.54, 1.807) is 11.8 Å². The van der Waals surface area contributed by atoms with Crippen molar-refractivity contribution in [2.75, 3.05) is 24.5 Å². The number of likely N-dealkylation sites (tertiary alicyclic amines) is 1. The van der Waals surface area contributed by atoms with Crippen molar-refractivity contribution < 1.29 is 14.0 Å². The predicted octanol–water partition coefficient (Wildman–Crippen LogP) is 5.10. The molecule has 7 heteroatoms. The predicted molar refractivity (Wildman–Crippen MR) is 124 cm³/mol. The van der Waals surface area contributed by atoms with E-state index >= 15 is 0 Å². The largest absolute Gasteiger partial charge is 0.455 e. The average molecular weight is 484 g/mol. The molecule has 2 aromatic rings. The molecule has 0 spiro atoms. The number of nitrogens with zero attached hydrogens (tertiary/aromatic N) is 2. The number of urea groups is 1. The van der Waals surface area contributed by atoms with E-state index in [1.807, 2.05) is 18.2 Å². The molecule has 3 heterocycles. The van der Waals surface area contributed by atoms with Crippen molar-refractivity contribution in [3.05, 3.63) is 52.2 Å². The lowest BCUT2D eigenvalue weighted by Gasteiger charge is -2.34. The van der Waals surface area contributed by atoms with Gasteiger partial charge in [-0.3, -0.25) is 14.6 Å². The van der Waals surface area contributed by atoms with Gasteiger partial charge in [-0.25, -0.2) is 4.79 Å². The molecule has 0 radical (unpaired) electrons. The number of nitrogens with one attached hydrogen (secondary N) is 1. The molecule has 31 heavy (non-hydrogen) atoms. The summed E-state index contributed by atoms with van der Waals surface area (Å²) in [5, 5.41) is 4.08. The van der Waals surface area contributed by atoms with Crippen LogP contribution in [0.3, 0.4) is 0 Å². The maximum absolute atomic E-state index is 13.3. The zero-order valence-corrected chi connectivity index (χ0v) is 19.2.